The fraction of sp³-hybridized carbons (Fsp3) is 0.462. The van der Waals surface area contributed by atoms with Gasteiger partial charge in [0.25, 0.3) is 5.91 Å². The first-order valence-electron chi connectivity index (χ1n) is 5.62. The number of carbonyl (C=O) groups excluding carboxylic acids is 1. The topological polar surface area (TPSA) is 32.3 Å². The lowest BCUT2D eigenvalue weighted by atomic mass is 10.1. The molecule has 3 nitrogen and oxygen atoms in total. The molecule has 0 radical (unpaired) electrons. The van der Waals surface area contributed by atoms with Crippen molar-refractivity contribution in [3.63, 3.8) is 0 Å². The van der Waals surface area contributed by atoms with E-state index >= 15 is 0 Å². The van der Waals surface area contributed by atoms with E-state index in [1.165, 1.54) is 18.2 Å². The molecule has 0 saturated carbocycles. The average molecular weight is 238 g/mol. The fourth-order valence-corrected chi connectivity index (χ4v) is 1.78. The van der Waals surface area contributed by atoms with Crippen LogP contribution in [0.15, 0.2) is 18.2 Å². The normalized spacial score (nSPS) is 12.6. The zero-order valence-corrected chi connectivity index (χ0v) is 10.7. The van der Waals surface area contributed by atoms with Crippen LogP contribution in [0.3, 0.4) is 0 Å². The van der Waals surface area contributed by atoms with E-state index in [9.17, 15) is 9.18 Å². The number of halogens is 1. The van der Waals surface area contributed by atoms with Crippen LogP contribution < -0.4 is 5.32 Å². The molecule has 94 valence electrons. The summed E-state index contributed by atoms with van der Waals surface area (Å²) in [5.41, 5.74) is 1.18. The number of carbonyl (C=O) groups is 1. The van der Waals surface area contributed by atoms with Gasteiger partial charge in [0.1, 0.15) is 5.82 Å². The summed E-state index contributed by atoms with van der Waals surface area (Å²) in [6.45, 7) is 4.44. The van der Waals surface area contributed by atoms with Crippen LogP contribution >= 0.6 is 0 Å². The van der Waals surface area contributed by atoms with Gasteiger partial charge in [0.2, 0.25) is 0 Å². The van der Waals surface area contributed by atoms with Crippen LogP contribution in [0, 0.1) is 12.7 Å². The average Bonchev–Trinajstić information content (AvgIpc) is 2.15. The highest BCUT2D eigenvalue weighted by molar-refractivity contribution is 5.95. The minimum absolute atomic E-state index is 0.0574. The monoisotopic (exact) mass is 238 g/mol. The molecule has 1 atom stereocenters. The Morgan fingerprint density at radius 1 is 1.47 bits per heavy atom. The molecule has 0 bridgehead atoms. The number of hydrogen-bond acceptors (Lipinski definition) is 2. The number of hydrogen-bond donors (Lipinski definition) is 1. The van der Waals surface area contributed by atoms with Crippen molar-refractivity contribution >= 4 is 5.91 Å². The molecule has 0 aliphatic rings. The maximum atomic E-state index is 12.9. The third-order valence-electron chi connectivity index (χ3n) is 2.45. The molecular weight excluding hydrogens is 219 g/mol. The predicted molar refractivity (Wildman–Crippen MR) is 66.6 cm³/mol. The van der Waals surface area contributed by atoms with Gasteiger partial charge in [0, 0.05) is 18.2 Å². The Morgan fingerprint density at radius 2 is 2.12 bits per heavy atom. The Bertz CT molecular complexity index is 404. The van der Waals surface area contributed by atoms with Crippen molar-refractivity contribution < 1.29 is 9.18 Å². The smallest absolute Gasteiger partial charge is 0.251 e. The third-order valence-corrected chi connectivity index (χ3v) is 2.45. The van der Waals surface area contributed by atoms with E-state index in [0.29, 0.717) is 11.1 Å². The molecular formula is C13H19FN2O. The van der Waals surface area contributed by atoms with E-state index in [0.717, 1.165) is 6.54 Å². The van der Waals surface area contributed by atoms with E-state index in [4.69, 9.17) is 0 Å². The number of nitrogens with one attached hydrogen (secondary N) is 1. The van der Waals surface area contributed by atoms with Gasteiger partial charge in [-0.3, -0.25) is 4.79 Å². The second-order valence-electron chi connectivity index (χ2n) is 4.60. The van der Waals surface area contributed by atoms with Gasteiger partial charge in [-0.05, 0) is 51.7 Å². The SMILES string of the molecule is Cc1cc(F)ccc1C(=O)NC(C)CN(C)C. The van der Waals surface area contributed by atoms with Crippen LogP contribution in [-0.4, -0.2) is 37.5 Å². The standard InChI is InChI=1S/C13H19FN2O/c1-9-7-11(14)5-6-12(9)13(17)15-10(2)8-16(3)4/h5-7,10H,8H2,1-4H3,(H,15,17). The molecule has 0 spiro atoms. The molecule has 0 heterocycles. The van der Waals surface area contributed by atoms with Gasteiger partial charge in [-0.1, -0.05) is 0 Å². The Labute approximate surface area is 102 Å². The van der Waals surface area contributed by atoms with Crippen LogP contribution in [0.4, 0.5) is 4.39 Å². The zero-order chi connectivity index (χ0) is 13.0. The summed E-state index contributed by atoms with van der Waals surface area (Å²) < 4.78 is 12.9. The highest BCUT2D eigenvalue weighted by atomic mass is 19.1. The van der Waals surface area contributed by atoms with E-state index in [1.807, 2.05) is 25.9 Å². The van der Waals surface area contributed by atoms with E-state index in [2.05, 4.69) is 5.32 Å². The number of rotatable bonds is 4. The van der Waals surface area contributed by atoms with Crippen LogP contribution in [0.2, 0.25) is 0 Å². The van der Waals surface area contributed by atoms with Gasteiger partial charge in [-0.25, -0.2) is 4.39 Å². The first-order chi connectivity index (χ1) is 7.90. The second-order valence-corrected chi connectivity index (χ2v) is 4.60. The van der Waals surface area contributed by atoms with Gasteiger partial charge in [0.05, 0.1) is 0 Å². The van der Waals surface area contributed by atoms with E-state index in [-0.39, 0.29) is 17.8 Å². The quantitative estimate of drug-likeness (QED) is 0.867. The largest absolute Gasteiger partial charge is 0.348 e. The van der Waals surface area contributed by atoms with Crippen molar-refractivity contribution in [2.24, 2.45) is 0 Å². The third kappa shape index (κ3) is 4.15. The minimum atomic E-state index is -0.319. The van der Waals surface area contributed by atoms with Crippen molar-refractivity contribution in [1.82, 2.24) is 10.2 Å². The number of amides is 1. The van der Waals surface area contributed by atoms with Crippen molar-refractivity contribution in [3.8, 4) is 0 Å². The number of likely N-dealkylation sites (N-methyl/N-ethyl adjacent to an activating group) is 1. The lowest BCUT2D eigenvalue weighted by Crippen LogP contribution is -2.39. The van der Waals surface area contributed by atoms with Crippen molar-refractivity contribution in [3.05, 3.63) is 35.1 Å². The first kappa shape index (κ1) is 13.6. The molecule has 1 aromatic carbocycles. The molecule has 0 aliphatic heterocycles. The summed E-state index contributed by atoms with van der Waals surface area (Å²) in [5.74, 6) is -0.475. The Balaban J connectivity index is 2.70. The van der Waals surface area contributed by atoms with Gasteiger partial charge in [-0.15, -0.1) is 0 Å². The first-order valence-corrected chi connectivity index (χ1v) is 5.62. The number of nitrogens with zero attached hydrogens (tertiary/aromatic N) is 1. The fourth-order valence-electron chi connectivity index (χ4n) is 1.78. The molecule has 1 unspecified atom stereocenters. The Morgan fingerprint density at radius 3 is 2.65 bits per heavy atom. The summed E-state index contributed by atoms with van der Waals surface area (Å²) in [6, 6.07) is 4.24. The minimum Gasteiger partial charge on any atom is -0.348 e. The number of aryl methyl sites for hydroxylation is 1. The zero-order valence-electron chi connectivity index (χ0n) is 10.7. The highest BCUT2D eigenvalue weighted by Gasteiger charge is 2.12. The van der Waals surface area contributed by atoms with Crippen molar-refractivity contribution in [1.29, 1.82) is 0 Å². The van der Waals surface area contributed by atoms with Crippen molar-refractivity contribution in [2.45, 2.75) is 19.9 Å². The van der Waals surface area contributed by atoms with Crippen molar-refractivity contribution in [2.75, 3.05) is 20.6 Å². The summed E-state index contributed by atoms with van der Waals surface area (Å²) in [5, 5.41) is 2.88. The molecule has 17 heavy (non-hydrogen) atoms. The van der Waals surface area contributed by atoms with E-state index in [1.54, 1.807) is 6.92 Å². The van der Waals surface area contributed by atoms with Crippen LogP contribution in [0.1, 0.15) is 22.8 Å². The van der Waals surface area contributed by atoms with Gasteiger partial charge in [-0.2, -0.15) is 0 Å². The number of benzene rings is 1. The molecule has 4 heteroatoms. The lowest BCUT2D eigenvalue weighted by Gasteiger charge is -2.18. The van der Waals surface area contributed by atoms with Gasteiger partial charge >= 0.3 is 0 Å². The van der Waals surface area contributed by atoms with E-state index < -0.39 is 0 Å². The molecule has 0 saturated heterocycles. The van der Waals surface area contributed by atoms with Gasteiger partial charge < -0.3 is 10.2 Å². The molecule has 1 rings (SSSR count). The van der Waals surface area contributed by atoms with Crippen LogP contribution in [-0.2, 0) is 0 Å². The second kappa shape index (κ2) is 5.77. The molecule has 0 fully saturated rings. The maximum Gasteiger partial charge on any atom is 0.251 e. The summed E-state index contributed by atoms with van der Waals surface area (Å²) in [7, 11) is 3.90. The lowest BCUT2D eigenvalue weighted by molar-refractivity contribution is 0.0933. The molecule has 0 aliphatic carbocycles. The van der Waals surface area contributed by atoms with Crippen LogP contribution in [0.25, 0.3) is 0 Å². The van der Waals surface area contributed by atoms with Gasteiger partial charge in [0.15, 0.2) is 0 Å². The molecule has 1 N–H and O–H groups in total. The molecule has 0 aromatic heterocycles. The summed E-state index contributed by atoms with van der Waals surface area (Å²) in [6.07, 6.45) is 0. The molecule has 1 aromatic rings. The van der Waals surface area contributed by atoms with Crippen LogP contribution in [0.5, 0.6) is 0 Å². The maximum absolute atomic E-state index is 12.9. The summed E-state index contributed by atoms with van der Waals surface area (Å²) in [4.78, 5) is 13.9. The Hall–Kier alpha value is -1.42. The Kier molecular flexibility index (Phi) is 4.63. The predicted octanol–water partition coefficient (Wildman–Crippen LogP) is 1.81. The molecule has 1 amide bonds. The highest BCUT2D eigenvalue weighted by Crippen LogP contribution is 2.10. The summed E-state index contributed by atoms with van der Waals surface area (Å²) >= 11 is 0.